The molecule has 2 atom stereocenters. The van der Waals surface area contributed by atoms with Crippen molar-refractivity contribution < 1.29 is 35.3 Å². The first-order chi connectivity index (χ1) is 9.60. The van der Waals surface area contributed by atoms with Crippen LogP contribution in [0.3, 0.4) is 0 Å². The van der Waals surface area contributed by atoms with Gasteiger partial charge in [-0.15, -0.1) is 0 Å². The molecule has 9 heteroatoms. The van der Waals surface area contributed by atoms with Crippen molar-refractivity contribution in [3.8, 4) is 0 Å². The second-order valence-electron chi connectivity index (χ2n) is 4.56. The molecule has 0 saturated carbocycles. The maximum Gasteiger partial charge on any atom is 0.523 e. The van der Waals surface area contributed by atoms with Crippen LogP contribution < -0.4 is 0 Å². The van der Waals surface area contributed by atoms with E-state index in [9.17, 15) is 26.4 Å². The van der Waals surface area contributed by atoms with Gasteiger partial charge >= 0.3 is 21.6 Å². The first kappa shape index (κ1) is 15.8. The summed E-state index contributed by atoms with van der Waals surface area (Å²) in [6.45, 7) is 1.84. The number of benzene rings is 1. The van der Waals surface area contributed by atoms with Crippen molar-refractivity contribution in [1.82, 2.24) is 0 Å². The highest BCUT2D eigenvalue weighted by Crippen LogP contribution is 2.34. The molecule has 1 heterocycles. The van der Waals surface area contributed by atoms with Gasteiger partial charge in [0.2, 0.25) is 0 Å². The van der Waals surface area contributed by atoms with Crippen LogP contribution in [-0.4, -0.2) is 26.0 Å². The molecule has 0 aliphatic carbocycles. The fraction of sp³-hybridized carbons (Fsp3) is 0.417. The van der Waals surface area contributed by atoms with Crippen molar-refractivity contribution >= 4 is 16.1 Å². The molecule has 116 valence electrons. The molecule has 0 aromatic heterocycles. The number of hydrogen-bond acceptors (Lipinski definition) is 5. The van der Waals surface area contributed by atoms with Gasteiger partial charge in [-0.3, -0.25) is 0 Å². The lowest BCUT2D eigenvalue weighted by Crippen LogP contribution is -2.32. The first-order valence-electron chi connectivity index (χ1n) is 5.87. The van der Waals surface area contributed by atoms with E-state index in [-0.39, 0.29) is 6.42 Å². The summed E-state index contributed by atoms with van der Waals surface area (Å²) < 4.78 is 67.2. The monoisotopic (exact) mass is 324 g/mol. The van der Waals surface area contributed by atoms with Gasteiger partial charge in [0.05, 0.1) is 0 Å². The van der Waals surface area contributed by atoms with E-state index in [2.05, 4.69) is 4.18 Å². The van der Waals surface area contributed by atoms with Crippen LogP contribution in [0.5, 0.6) is 0 Å². The zero-order chi connectivity index (χ0) is 15.8. The molecule has 1 aromatic rings. The highest BCUT2D eigenvalue weighted by molar-refractivity contribution is 7.87. The number of halogens is 3. The predicted molar refractivity (Wildman–Crippen MR) is 64.5 cm³/mol. The van der Waals surface area contributed by atoms with E-state index in [4.69, 9.17) is 4.74 Å². The van der Waals surface area contributed by atoms with E-state index in [0.29, 0.717) is 5.56 Å². The van der Waals surface area contributed by atoms with Gasteiger partial charge in [-0.2, -0.15) is 21.6 Å². The summed E-state index contributed by atoms with van der Waals surface area (Å²) in [6, 6.07) is 6.77. The van der Waals surface area contributed by atoms with Crippen LogP contribution in [0.4, 0.5) is 13.2 Å². The number of carbonyl (C=O) groups is 1. The van der Waals surface area contributed by atoms with Crippen molar-refractivity contribution in [3.63, 3.8) is 0 Å². The van der Waals surface area contributed by atoms with Gasteiger partial charge in [-0.25, -0.2) is 8.98 Å². The highest BCUT2D eigenvalue weighted by Gasteiger charge is 2.51. The number of cyclic esters (lactones) is 1. The lowest BCUT2D eigenvalue weighted by molar-refractivity contribution is -0.147. The second-order valence-corrected chi connectivity index (χ2v) is 6.12. The minimum atomic E-state index is -5.83. The Kier molecular flexibility index (Phi) is 3.98. The van der Waals surface area contributed by atoms with Gasteiger partial charge in [0.15, 0.2) is 6.10 Å². The van der Waals surface area contributed by atoms with Crippen molar-refractivity contribution in [2.75, 3.05) is 0 Å². The Morgan fingerprint density at radius 3 is 2.33 bits per heavy atom. The number of esters is 1. The Bertz CT molecular complexity index is 636. The third-order valence-electron chi connectivity index (χ3n) is 2.92. The molecule has 1 aromatic carbocycles. The Morgan fingerprint density at radius 1 is 1.24 bits per heavy atom. The van der Waals surface area contributed by atoms with Gasteiger partial charge in [0, 0.05) is 6.42 Å². The summed E-state index contributed by atoms with van der Waals surface area (Å²) in [7, 11) is -5.83. The number of aryl methyl sites for hydroxylation is 1. The molecule has 1 fully saturated rings. The molecule has 0 bridgehead atoms. The topological polar surface area (TPSA) is 69.7 Å². The zero-order valence-electron chi connectivity index (χ0n) is 10.8. The van der Waals surface area contributed by atoms with Crippen LogP contribution >= 0.6 is 0 Å². The maximum absolute atomic E-state index is 12.2. The van der Waals surface area contributed by atoms with Gasteiger partial charge < -0.3 is 4.74 Å². The minimum absolute atomic E-state index is 0.294. The molecule has 5 nitrogen and oxygen atoms in total. The fourth-order valence-electron chi connectivity index (χ4n) is 1.83. The first-order valence-corrected chi connectivity index (χ1v) is 7.27. The zero-order valence-corrected chi connectivity index (χ0v) is 11.6. The normalized spacial score (nSPS) is 23.1. The maximum atomic E-state index is 12.2. The molecule has 2 unspecified atom stereocenters. The molecule has 1 saturated heterocycles. The van der Waals surface area contributed by atoms with E-state index in [1.54, 1.807) is 24.3 Å². The molecule has 1 aliphatic heterocycles. The van der Waals surface area contributed by atoms with Gasteiger partial charge in [0.1, 0.15) is 6.10 Å². The number of rotatable bonds is 3. The summed E-state index contributed by atoms with van der Waals surface area (Å²) in [5.41, 5.74) is -4.06. The summed E-state index contributed by atoms with van der Waals surface area (Å²) in [5, 5.41) is 0. The Hall–Kier alpha value is -1.61. The van der Waals surface area contributed by atoms with Crippen LogP contribution in [0.15, 0.2) is 24.3 Å². The second kappa shape index (κ2) is 5.30. The van der Waals surface area contributed by atoms with E-state index in [1.165, 1.54) is 0 Å². The predicted octanol–water partition coefficient (Wildman–Crippen LogP) is 2.22. The molecule has 0 amide bonds. The van der Waals surface area contributed by atoms with Crippen LogP contribution in [0.1, 0.15) is 23.7 Å². The minimum Gasteiger partial charge on any atom is -0.455 e. The van der Waals surface area contributed by atoms with Crippen molar-refractivity contribution in [2.45, 2.75) is 31.1 Å². The van der Waals surface area contributed by atoms with Crippen molar-refractivity contribution in [1.29, 1.82) is 0 Å². The smallest absolute Gasteiger partial charge is 0.455 e. The van der Waals surface area contributed by atoms with Crippen LogP contribution in [0.2, 0.25) is 0 Å². The largest absolute Gasteiger partial charge is 0.523 e. The van der Waals surface area contributed by atoms with Gasteiger partial charge in [-0.05, 0) is 12.5 Å². The SMILES string of the molecule is Cc1ccc(C2CC(OS(=O)(=O)C(F)(F)F)C(=O)O2)cc1. The molecule has 1 aliphatic rings. The third kappa shape index (κ3) is 3.35. The van der Waals surface area contributed by atoms with Crippen LogP contribution in [-0.2, 0) is 23.8 Å². The lowest BCUT2D eigenvalue weighted by Gasteiger charge is -2.11. The lowest BCUT2D eigenvalue weighted by atomic mass is 10.0. The van der Waals surface area contributed by atoms with E-state index in [0.717, 1.165) is 5.56 Å². The van der Waals surface area contributed by atoms with E-state index < -0.39 is 33.8 Å². The van der Waals surface area contributed by atoms with Crippen molar-refractivity contribution in [2.24, 2.45) is 0 Å². The molecule has 0 radical (unpaired) electrons. The van der Waals surface area contributed by atoms with Crippen LogP contribution in [0.25, 0.3) is 0 Å². The number of alkyl halides is 3. The van der Waals surface area contributed by atoms with E-state index in [1.807, 2.05) is 6.92 Å². The molecule has 0 spiro atoms. The third-order valence-corrected chi connectivity index (χ3v) is 3.98. The van der Waals surface area contributed by atoms with Gasteiger partial charge in [-0.1, -0.05) is 29.8 Å². The summed E-state index contributed by atoms with van der Waals surface area (Å²) >= 11 is 0. The molecule has 21 heavy (non-hydrogen) atoms. The standard InChI is InChI=1S/C12H11F3O5S/c1-7-2-4-8(5-3-7)9-6-10(11(16)19-9)20-21(17,18)12(13,14)15/h2-5,9-10H,6H2,1H3. The van der Waals surface area contributed by atoms with Gasteiger partial charge in [0.25, 0.3) is 0 Å². The average Bonchev–Trinajstić information content (AvgIpc) is 2.70. The van der Waals surface area contributed by atoms with Crippen molar-refractivity contribution in [3.05, 3.63) is 35.4 Å². The summed E-state index contributed by atoms with van der Waals surface area (Å²) in [6.07, 6.45) is -2.91. The Labute approximate surface area is 118 Å². The molecular formula is C12H11F3O5S. The summed E-state index contributed by atoms with van der Waals surface area (Å²) in [4.78, 5) is 11.5. The molecular weight excluding hydrogens is 313 g/mol. The van der Waals surface area contributed by atoms with Crippen LogP contribution in [0, 0.1) is 6.92 Å². The Balaban J connectivity index is 2.12. The quantitative estimate of drug-likeness (QED) is 0.484. The molecule has 2 rings (SSSR count). The van der Waals surface area contributed by atoms with E-state index >= 15 is 0 Å². The number of ether oxygens (including phenoxy) is 1. The summed E-state index contributed by atoms with van der Waals surface area (Å²) in [5.74, 6) is -1.13. The fourth-order valence-corrected chi connectivity index (χ4v) is 2.40. The number of carbonyl (C=O) groups excluding carboxylic acids is 1. The Morgan fingerprint density at radius 2 is 1.81 bits per heavy atom. The molecule has 0 N–H and O–H groups in total. The average molecular weight is 324 g/mol. The number of hydrogen-bond donors (Lipinski definition) is 0. The highest BCUT2D eigenvalue weighted by atomic mass is 32.2.